The lowest BCUT2D eigenvalue weighted by molar-refractivity contribution is -0.141. The average Bonchev–Trinajstić information content (AvgIpc) is 2.63. The molecule has 0 saturated carbocycles. The number of hydrogen-bond donors (Lipinski definition) is 3. The number of aliphatic hydroxyl groups excluding tert-OH is 1. The van der Waals surface area contributed by atoms with Crippen molar-refractivity contribution in [3.8, 4) is 5.75 Å². The van der Waals surface area contributed by atoms with Gasteiger partial charge in [0.05, 0.1) is 6.10 Å². The summed E-state index contributed by atoms with van der Waals surface area (Å²) in [5, 5.41) is 29.3. The van der Waals surface area contributed by atoms with Crippen molar-refractivity contribution in [3.63, 3.8) is 0 Å². The number of hydrogen-bond acceptors (Lipinski definition) is 5. The highest BCUT2D eigenvalue weighted by Gasteiger charge is 2.25. The number of carboxylic acid groups (broad SMARTS) is 1. The molecule has 3 N–H and O–H groups in total. The number of carboxylic acids is 1. The van der Waals surface area contributed by atoms with Crippen LogP contribution in [-0.2, 0) is 20.7 Å². The van der Waals surface area contributed by atoms with Crippen LogP contribution in [-0.4, -0.2) is 33.4 Å². The van der Waals surface area contributed by atoms with Crippen molar-refractivity contribution in [1.29, 1.82) is 0 Å². The molecule has 0 fully saturated rings. The van der Waals surface area contributed by atoms with E-state index in [0.29, 0.717) is 24.0 Å². The van der Waals surface area contributed by atoms with Crippen LogP contribution >= 0.6 is 0 Å². The quantitative estimate of drug-likeness (QED) is 0.313. The predicted molar refractivity (Wildman–Crippen MR) is 106 cm³/mol. The Bertz CT molecular complexity index is 845. The first-order valence-electron chi connectivity index (χ1n) is 9.10. The van der Waals surface area contributed by atoms with Crippen LogP contribution in [0.3, 0.4) is 0 Å². The molecule has 0 bridgehead atoms. The molecule has 148 valence electrons. The Kier molecular flexibility index (Phi) is 7.63. The maximum absolute atomic E-state index is 12.7. The first-order chi connectivity index (χ1) is 13.4. The summed E-state index contributed by atoms with van der Waals surface area (Å²) in [7, 11) is 0. The number of rotatable bonds is 4. The molecular formula is C22H24O6. The fourth-order valence-corrected chi connectivity index (χ4v) is 2.95. The second kappa shape index (κ2) is 10.2. The number of carbonyl (C=O) groups is 2. The van der Waals surface area contributed by atoms with Gasteiger partial charge < -0.3 is 20.1 Å². The van der Waals surface area contributed by atoms with Crippen molar-refractivity contribution in [2.45, 2.75) is 38.7 Å². The molecule has 6 nitrogen and oxygen atoms in total. The molecule has 0 unspecified atom stereocenters. The second-order valence-electron chi connectivity index (χ2n) is 6.47. The summed E-state index contributed by atoms with van der Waals surface area (Å²) >= 11 is 0. The zero-order valence-electron chi connectivity index (χ0n) is 15.7. The number of phenols is 1. The molecule has 0 amide bonds. The lowest BCUT2D eigenvalue weighted by Gasteiger charge is -2.20. The minimum atomic E-state index is -1.06. The minimum absolute atomic E-state index is 0.00891. The molecule has 0 aliphatic carbocycles. The number of allylic oxidation sites excluding steroid dienone is 5. The van der Waals surface area contributed by atoms with E-state index in [1.165, 1.54) is 30.4 Å². The van der Waals surface area contributed by atoms with E-state index in [4.69, 9.17) is 9.84 Å². The number of esters is 1. The van der Waals surface area contributed by atoms with Crippen LogP contribution in [0.25, 0.3) is 5.57 Å². The van der Waals surface area contributed by atoms with Gasteiger partial charge in [0.2, 0.25) is 0 Å². The summed E-state index contributed by atoms with van der Waals surface area (Å²) < 4.78 is 5.46. The molecule has 1 atom stereocenters. The van der Waals surface area contributed by atoms with Gasteiger partial charge in [-0.1, -0.05) is 36.4 Å². The largest absolute Gasteiger partial charge is 0.508 e. The number of aromatic hydroxyl groups is 1. The lowest BCUT2D eigenvalue weighted by atomic mass is 9.93. The molecule has 1 aliphatic rings. The van der Waals surface area contributed by atoms with Crippen molar-refractivity contribution in [2.24, 2.45) is 0 Å². The molecular weight excluding hydrogens is 360 g/mol. The van der Waals surface area contributed by atoms with Crippen LogP contribution in [0.1, 0.15) is 37.3 Å². The van der Waals surface area contributed by atoms with Gasteiger partial charge in [0.15, 0.2) is 0 Å². The molecule has 0 spiro atoms. The monoisotopic (exact) mass is 384 g/mol. The van der Waals surface area contributed by atoms with Crippen LogP contribution in [0.5, 0.6) is 5.75 Å². The van der Waals surface area contributed by atoms with Crippen LogP contribution in [0.4, 0.5) is 0 Å². The number of aliphatic carboxylic acids is 1. The SMILES string of the molecule is C[C@@H]1CCCCc2c(O)cccc2/C(=C(O)/C=C/C=C/C=C/C(=O)O)C(=O)O1. The number of carbonyl (C=O) groups excluding carboxylic acids is 1. The Morgan fingerprint density at radius 3 is 2.54 bits per heavy atom. The number of ether oxygens (including phenoxy) is 1. The molecule has 2 rings (SSSR count). The van der Waals surface area contributed by atoms with E-state index >= 15 is 0 Å². The summed E-state index contributed by atoms with van der Waals surface area (Å²) in [4.78, 5) is 23.1. The smallest absolute Gasteiger partial charge is 0.342 e. The van der Waals surface area contributed by atoms with Crippen molar-refractivity contribution in [2.75, 3.05) is 0 Å². The Balaban J connectivity index is 2.44. The standard InChI is InChI=1S/C22H24O6/c1-15-9-6-7-10-16-17(11-8-13-18(16)23)21(22(27)28-15)19(24)12-4-2-3-5-14-20(25)26/h2-5,8,11-15,23-24H,6-7,9-10H2,1H3,(H,25,26)/b3-2+,12-4+,14-5+,21-19+/t15-/m1/s1. The maximum atomic E-state index is 12.7. The van der Waals surface area contributed by atoms with Crippen molar-refractivity contribution in [3.05, 3.63) is 71.5 Å². The van der Waals surface area contributed by atoms with E-state index in [-0.39, 0.29) is 23.2 Å². The number of benzene rings is 1. The van der Waals surface area contributed by atoms with Gasteiger partial charge in [-0.15, -0.1) is 0 Å². The van der Waals surface area contributed by atoms with E-state index in [1.807, 2.05) is 6.92 Å². The Hall–Kier alpha value is -3.28. The molecule has 0 aromatic heterocycles. The number of cyclic esters (lactones) is 1. The summed E-state index contributed by atoms with van der Waals surface area (Å²) in [6.45, 7) is 1.81. The van der Waals surface area contributed by atoms with Crippen LogP contribution in [0.2, 0.25) is 0 Å². The Labute approximate surface area is 163 Å². The van der Waals surface area contributed by atoms with Gasteiger partial charge in [-0.2, -0.15) is 0 Å². The number of aliphatic hydroxyl groups is 1. The summed E-state index contributed by atoms with van der Waals surface area (Å²) in [6, 6.07) is 4.85. The highest BCUT2D eigenvalue weighted by molar-refractivity contribution is 6.18. The van der Waals surface area contributed by atoms with E-state index in [0.717, 1.165) is 18.9 Å². The summed E-state index contributed by atoms with van der Waals surface area (Å²) in [6.07, 6.45) is 10.8. The second-order valence-corrected chi connectivity index (χ2v) is 6.47. The molecule has 0 saturated heterocycles. The summed E-state index contributed by atoms with van der Waals surface area (Å²) in [5.74, 6) is -1.94. The van der Waals surface area contributed by atoms with Gasteiger partial charge in [0.25, 0.3) is 0 Å². The van der Waals surface area contributed by atoms with Crippen LogP contribution in [0, 0.1) is 0 Å². The first-order valence-corrected chi connectivity index (χ1v) is 9.10. The van der Waals surface area contributed by atoms with Gasteiger partial charge in [0.1, 0.15) is 17.1 Å². The molecule has 1 aromatic carbocycles. The highest BCUT2D eigenvalue weighted by atomic mass is 16.5. The highest BCUT2D eigenvalue weighted by Crippen LogP contribution is 2.32. The fourth-order valence-electron chi connectivity index (χ4n) is 2.95. The average molecular weight is 384 g/mol. The normalized spacial score (nSPS) is 20.3. The Morgan fingerprint density at radius 1 is 1.11 bits per heavy atom. The van der Waals surface area contributed by atoms with E-state index in [9.17, 15) is 19.8 Å². The fraction of sp³-hybridized carbons (Fsp3) is 0.273. The van der Waals surface area contributed by atoms with Crippen molar-refractivity contribution >= 4 is 17.5 Å². The van der Waals surface area contributed by atoms with Gasteiger partial charge in [0, 0.05) is 11.6 Å². The lowest BCUT2D eigenvalue weighted by Crippen LogP contribution is -2.19. The summed E-state index contributed by atoms with van der Waals surface area (Å²) in [5.41, 5.74) is 1.03. The third kappa shape index (κ3) is 5.87. The molecule has 1 heterocycles. The third-order valence-corrected chi connectivity index (χ3v) is 4.30. The number of phenolic OH excluding ortho intramolecular Hbond substituents is 1. The van der Waals surface area contributed by atoms with Crippen molar-refractivity contribution < 1.29 is 29.6 Å². The van der Waals surface area contributed by atoms with E-state index in [2.05, 4.69) is 0 Å². The minimum Gasteiger partial charge on any atom is -0.508 e. The molecule has 1 aliphatic heterocycles. The molecule has 28 heavy (non-hydrogen) atoms. The zero-order valence-corrected chi connectivity index (χ0v) is 15.7. The molecule has 1 aromatic rings. The number of fused-ring (bicyclic) bond motifs is 1. The molecule has 6 heteroatoms. The van der Waals surface area contributed by atoms with Gasteiger partial charge in [-0.3, -0.25) is 0 Å². The van der Waals surface area contributed by atoms with Crippen LogP contribution in [0.15, 0.2) is 60.4 Å². The van der Waals surface area contributed by atoms with Crippen LogP contribution < -0.4 is 0 Å². The molecule has 0 radical (unpaired) electrons. The third-order valence-electron chi connectivity index (χ3n) is 4.30. The van der Waals surface area contributed by atoms with E-state index < -0.39 is 11.9 Å². The topological polar surface area (TPSA) is 104 Å². The van der Waals surface area contributed by atoms with Gasteiger partial charge in [-0.05, 0) is 50.3 Å². The zero-order chi connectivity index (χ0) is 20.5. The van der Waals surface area contributed by atoms with E-state index in [1.54, 1.807) is 18.2 Å². The Morgan fingerprint density at radius 2 is 1.82 bits per heavy atom. The van der Waals surface area contributed by atoms with Gasteiger partial charge >= 0.3 is 11.9 Å². The maximum Gasteiger partial charge on any atom is 0.342 e. The van der Waals surface area contributed by atoms with Crippen molar-refractivity contribution in [1.82, 2.24) is 0 Å². The predicted octanol–water partition coefficient (Wildman–Crippen LogP) is 4.07. The first kappa shape index (κ1) is 21.0. The van der Waals surface area contributed by atoms with Gasteiger partial charge in [-0.25, -0.2) is 9.59 Å².